The first kappa shape index (κ1) is 8.44. The highest BCUT2D eigenvalue weighted by atomic mass is 16.8. The summed E-state index contributed by atoms with van der Waals surface area (Å²) in [5.74, 6) is -0.639. The van der Waals surface area contributed by atoms with Crippen LogP contribution >= 0.6 is 0 Å². The topological polar surface area (TPSA) is 47.9 Å². The molecule has 0 aromatic rings. The van der Waals surface area contributed by atoms with Crippen molar-refractivity contribution in [1.29, 1.82) is 0 Å². The van der Waals surface area contributed by atoms with Crippen molar-refractivity contribution >= 4 is 0 Å². The third-order valence-corrected chi connectivity index (χ3v) is 2.21. The van der Waals surface area contributed by atoms with Crippen LogP contribution in [0.2, 0.25) is 0 Å². The number of fused-ring (bicyclic) bond motifs is 1. The molecule has 2 heterocycles. The van der Waals surface area contributed by atoms with Crippen LogP contribution in [0.5, 0.6) is 0 Å². The number of hydrogen-bond acceptors (Lipinski definition) is 4. The maximum absolute atomic E-state index is 9.77. The van der Waals surface area contributed by atoms with Crippen LogP contribution in [-0.4, -0.2) is 35.5 Å². The van der Waals surface area contributed by atoms with Gasteiger partial charge in [0.2, 0.25) is 0 Å². The van der Waals surface area contributed by atoms with Gasteiger partial charge in [0.05, 0.1) is 6.61 Å². The van der Waals surface area contributed by atoms with E-state index in [1.807, 2.05) is 13.8 Å². The second kappa shape index (κ2) is 2.20. The standard InChI is InChI=1S/C8H14O4/c1-7(2)11-5-6(12-7)10-4-8(5,3)9/h5-6,9H,4H2,1-3H3. The van der Waals surface area contributed by atoms with Crippen molar-refractivity contribution in [3.05, 3.63) is 0 Å². The minimum atomic E-state index is -0.918. The second-order valence-corrected chi connectivity index (χ2v) is 4.09. The zero-order chi connectivity index (χ0) is 8.98. The van der Waals surface area contributed by atoms with E-state index in [9.17, 15) is 5.11 Å². The average Bonchev–Trinajstić information content (AvgIpc) is 2.31. The van der Waals surface area contributed by atoms with Crippen LogP contribution < -0.4 is 0 Å². The molecule has 2 fully saturated rings. The van der Waals surface area contributed by atoms with Gasteiger partial charge in [-0.05, 0) is 20.8 Å². The molecule has 0 radical (unpaired) electrons. The highest BCUT2D eigenvalue weighted by Gasteiger charge is 2.55. The zero-order valence-electron chi connectivity index (χ0n) is 7.53. The molecule has 2 aliphatic heterocycles. The molecule has 0 aromatic carbocycles. The molecular formula is C8H14O4. The summed E-state index contributed by atoms with van der Waals surface area (Å²) in [6.07, 6.45) is -0.762. The maximum atomic E-state index is 9.77. The highest BCUT2D eigenvalue weighted by molar-refractivity contribution is 4.95. The first-order valence-corrected chi connectivity index (χ1v) is 4.10. The molecule has 12 heavy (non-hydrogen) atoms. The Balaban J connectivity index is 2.17. The van der Waals surface area contributed by atoms with E-state index in [0.29, 0.717) is 0 Å². The minimum absolute atomic E-state index is 0.276. The summed E-state index contributed by atoms with van der Waals surface area (Å²) in [5.41, 5.74) is -0.918. The van der Waals surface area contributed by atoms with Gasteiger partial charge in [-0.3, -0.25) is 0 Å². The smallest absolute Gasteiger partial charge is 0.190 e. The van der Waals surface area contributed by atoms with Gasteiger partial charge in [0.15, 0.2) is 12.1 Å². The summed E-state index contributed by atoms with van der Waals surface area (Å²) in [6, 6.07) is 0. The Kier molecular flexibility index (Phi) is 1.55. The molecule has 4 nitrogen and oxygen atoms in total. The van der Waals surface area contributed by atoms with Crippen molar-refractivity contribution in [3.63, 3.8) is 0 Å². The molecular weight excluding hydrogens is 160 g/mol. The zero-order valence-corrected chi connectivity index (χ0v) is 7.53. The second-order valence-electron chi connectivity index (χ2n) is 4.09. The summed E-state index contributed by atoms with van der Waals surface area (Å²) in [4.78, 5) is 0. The van der Waals surface area contributed by atoms with E-state index >= 15 is 0 Å². The lowest BCUT2D eigenvalue weighted by atomic mass is 10.0. The van der Waals surface area contributed by atoms with Crippen molar-refractivity contribution in [3.8, 4) is 0 Å². The largest absolute Gasteiger partial charge is 0.385 e. The van der Waals surface area contributed by atoms with E-state index in [2.05, 4.69) is 0 Å². The predicted molar refractivity (Wildman–Crippen MR) is 40.4 cm³/mol. The van der Waals surface area contributed by atoms with Gasteiger partial charge < -0.3 is 19.3 Å². The predicted octanol–water partition coefficient (Wildman–Crippen LogP) is 0.245. The molecule has 4 heteroatoms. The lowest BCUT2D eigenvalue weighted by Gasteiger charge is -2.24. The van der Waals surface area contributed by atoms with E-state index in [-0.39, 0.29) is 12.7 Å². The molecule has 0 bridgehead atoms. The Morgan fingerprint density at radius 3 is 2.50 bits per heavy atom. The molecule has 0 aromatic heterocycles. The Labute approximate surface area is 71.4 Å². The van der Waals surface area contributed by atoms with Gasteiger partial charge >= 0.3 is 0 Å². The monoisotopic (exact) mass is 174 g/mol. The van der Waals surface area contributed by atoms with Crippen molar-refractivity contribution in [2.75, 3.05) is 6.61 Å². The molecule has 1 N–H and O–H groups in total. The van der Waals surface area contributed by atoms with Gasteiger partial charge in [0.1, 0.15) is 11.7 Å². The van der Waals surface area contributed by atoms with Crippen LogP contribution in [0, 0.1) is 0 Å². The molecule has 0 amide bonds. The van der Waals surface area contributed by atoms with E-state index in [1.54, 1.807) is 6.92 Å². The number of ether oxygens (including phenoxy) is 3. The molecule has 2 rings (SSSR count). The van der Waals surface area contributed by atoms with Gasteiger partial charge in [-0.15, -0.1) is 0 Å². The van der Waals surface area contributed by atoms with Crippen LogP contribution in [0.3, 0.4) is 0 Å². The van der Waals surface area contributed by atoms with Gasteiger partial charge in [0, 0.05) is 0 Å². The van der Waals surface area contributed by atoms with E-state index < -0.39 is 17.7 Å². The molecule has 2 aliphatic rings. The van der Waals surface area contributed by atoms with E-state index in [4.69, 9.17) is 14.2 Å². The van der Waals surface area contributed by atoms with Gasteiger partial charge in [0.25, 0.3) is 0 Å². The van der Waals surface area contributed by atoms with Crippen LogP contribution in [-0.2, 0) is 14.2 Å². The fraction of sp³-hybridized carbons (Fsp3) is 1.00. The third-order valence-electron chi connectivity index (χ3n) is 2.21. The lowest BCUT2D eigenvalue weighted by molar-refractivity contribution is -0.209. The fourth-order valence-corrected chi connectivity index (χ4v) is 1.61. The summed E-state index contributed by atoms with van der Waals surface area (Å²) < 4.78 is 16.1. The van der Waals surface area contributed by atoms with Gasteiger partial charge in [-0.2, -0.15) is 0 Å². The van der Waals surface area contributed by atoms with Gasteiger partial charge in [-0.25, -0.2) is 0 Å². The van der Waals surface area contributed by atoms with E-state index in [0.717, 1.165) is 0 Å². The Bertz CT molecular complexity index is 199. The quantitative estimate of drug-likeness (QED) is 0.571. The van der Waals surface area contributed by atoms with Gasteiger partial charge in [-0.1, -0.05) is 0 Å². The molecule has 0 saturated carbocycles. The summed E-state index contributed by atoms with van der Waals surface area (Å²) in [7, 11) is 0. The molecule has 0 spiro atoms. The first-order valence-electron chi connectivity index (χ1n) is 4.10. The van der Waals surface area contributed by atoms with Crippen LogP contribution in [0.1, 0.15) is 20.8 Å². The Hall–Kier alpha value is -0.160. The molecule has 70 valence electrons. The number of aliphatic hydroxyl groups is 1. The Morgan fingerprint density at radius 2 is 1.92 bits per heavy atom. The van der Waals surface area contributed by atoms with Crippen molar-refractivity contribution in [2.24, 2.45) is 0 Å². The van der Waals surface area contributed by atoms with E-state index in [1.165, 1.54) is 0 Å². The summed E-state index contributed by atoms with van der Waals surface area (Å²) >= 11 is 0. The molecule has 3 atom stereocenters. The van der Waals surface area contributed by atoms with Crippen molar-refractivity contribution in [2.45, 2.75) is 44.6 Å². The normalized spacial score (nSPS) is 51.0. The minimum Gasteiger partial charge on any atom is -0.385 e. The SMILES string of the molecule is CC1(C)OC2OCC(C)(O)C2O1. The van der Waals surface area contributed by atoms with Crippen LogP contribution in [0.25, 0.3) is 0 Å². The molecule has 0 aliphatic carbocycles. The average molecular weight is 174 g/mol. The third kappa shape index (κ3) is 1.15. The fourth-order valence-electron chi connectivity index (χ4n) is 1.61. The first-order chi connectivity index (χ1) is 5.41. The summed E-state index contributed by atoms with van der Waals surface area (Å²) in [6.45, 7) is 5.59. The van der Waals surface area contributed by atoms with Crippen LogP contribution in [0.15, 0.2) is 0 Å². The molecule has 3 unspecified atom stereocenters. The Morgan fingerprint density at radius 1 is 1.25 bits per heavy atom. The van der Waals surface area contributed by atoms with Crippen LogP contribution in [0.4, 0.5) is 0 Å². The summed E-state index contributed by atoms with van der Waals surface area (Å²) in [5, 5.41) is 9.77. The number of rotatable bonds is 0. The highest BCUT2D eigenvalue weighted by Crippen LogP contribution is 2.39. The molecule has 2 saturated heterocycles. The van der Waals surface area contributed by atoms with Crippen molar-refractivity contribution in [1.82, 2.24) is 0 Å². The maximum Gasteiger partial charge on any atom is 0.190 e. The lowest BCUT2D eigenvalue weighted by Crippen LogP contribution is -2.41. The number of hydrogen-bond donors (Lipinski definition) is 1. The van der Waals surface area contributed by atoms with Crippen molar-refractivity contribution < 1.29 is 19.3 Å².